The highest BCUT2D eigenvalue weighted by atomic mass is 32.2. The number of rotatable bonds is 8. The SMILES string of the molecule is O=S(=O)(CCCOC1CCCOC1)c1ccc(C=Cc2ccc3c(c2)OCCO3)cc1. The van der Waals surface area contributed by atoms with Crippen molar-refractivity contribution >= 4 is 22.0 Å². The van der Waals surface area contributed by atoms with Crippen LogP contribution < -0.4 is 9.47 Å². The first kappa shape index (κ1) is 21.9. The average Bonchev–Trinajstić information content (AvgIpc) is 2.81. The van der Waals surface area contributed by atoms with E-state index < -0.39 is 9.84 Å². The van der Waals surface area contributed by atoms with Gasteiger partial charge in [-0.3, -0.25) is 0 Å². The monoisotopic (exact) mass is 444 g/mol. The zero-order chi connectivity index (χ0) is 21.5. The van der Waals surface area contributed by atoms with E-state index in [-0.39, 0.29) is 11.9 Å². The summed E-state index contributed by atoms with van der Waals surface area (Å²) in [6.07, 6.45) is 6.46. The Labute approximate surface area is 183 Å². The first-order valence-electron chi connectivity index (χ1n) is 10.7. The molecule has 0 N–H and O–H groups in total. The summed E-state index contributed by atoms with van der Waals surface area (Å²) in [5.41, 5.74) is 1.92. The molecule has 166 valence electrons. The molecule has 2 aromatic carbocycles. The maximum atomic E-state index is 12.6. The zero-order valence-corrected chi connectivity index (χ0v) is 18.3. The van der Waals surface area contributed by atoms with Crippen LogP contribution in [0.3, 0.4) is 0 Å². The van der Waals surface area contributed by atoms with Crippen LogP contribution in [0.25, 0.3) is 12.2 Å². The fraction of sp³-hybridized carbons (Fsp3) is 0.417. The summed E-state index contributed by atoms with van der Waals surface area (Å²) >= 11 is 0. The lowest BCUT2D eigenvalue weighted by Crippen LogP contribution is -2.26. The van der Waals surface area contributed by atoms with Crippen LogP contribution in [0.15, 0.2) is 47.4 Å². The molecule has 7 heteroatoms. The van der Waals surface area contributed by atoms with E-state index in [0.717, 1.165) is 42.1 Å². The van der Waals surface area contributed by atoms with Crippen molar-refractivity contribution in [2.24, 2.45) is 0 Å². The Kier molecular flexibility index (Phi) is 7.27. The number of benzene rings is 2. The van der Waals surface area contributed by atoms with Crippen LogP contribution in [0.1, 0.15) is 30.4 Å². The summed E-state index contributed by atoms with van der Waals surface area (Å²) in [6, 6.07) is 12.8. The third kappa shape index (κ3) is 6.09. The molecule has 1 saturated heterocycles. The molecule has 31 heavy (non-hydrogen) atoms. The Bertz CT molecular complexity index is 991. The van der Waals surface area contributed by atoms with Gasteiger partial charge in [0.2, 0.25) is 0 Å². The zero-order valence-electron chi connectivity index (χ0n) is 17.5. The van der Waals surface area contributed by atoms with Crippen molar-refractivity contribution in [3.8, 4) is 11.5 Å². The van der Waals surface area contributed by atoms with E-state index in [1.807, 2.05) is 42.5 Å². The number of hydrogen-bond donors (Lipinski definition) is 0. The van der Waals surface area contributed by atoms with Crippen molar-refractivity contribution < 1.29 is 27.4 Å². The highest BCUT2D eigenvalue weighted by Crippen LogP contribution is 2.31. The lowest BCUT2D eigenvalue weighted by molar-refractivity contribution is -0.0494. The van der Waals surface area contributed by atoms with Gasteiger partial charge in [0.25, 0.3) is 0 Å². The van der Waals surface area contributed by atoms with E-state index in [2.05, 4.69) is 0 Å². The summed E-state index contributed by atoms with van der Waals surface area (Å²) < 4.78 is 47.4. The fourth-order valence-corrected chi connectivity index (χ4v) is 4.89. The van der Waals surface area contributed by atoms with Gasteiger partial charge in [0.15, 0.2) is 21.3 Å². The third-order valence-corrected chi connectivity index (χ3v) is 7.12. The molecule has 0 bridgehead atoms. The predicted octanol–water partition coefficient (Wildman–Crippen LogP) is 3.99. The van der Waals surface area contributed by atoms with Crippen LogP contribution in [0.5, 0.6) is 11.5 Å². The fourth-order valence-electron chi connectivity index (χ4n) is 3.60. The van der Waals surface area contributed by atoms with Gasteiger partial charge in [0, 0.05) is 13.2 Å². The molecule has 0 spiro atoms. The van der Waals surface area contributed by atoms with Gasteiger partial charge in [-0.25, -0.2) is 8.42 Å². The van der Waals surface area contributed by atoms with E-state index in [0.29, 0.717) is 37.7 Å². The molecule has 2 aliphatic heterocycles. The molecule has 2 heterocycles. The minimum atomic E-state index is -3.32. The Balaban J connectivity index is 1.30. The molecule has 0 aromatic heterocycles. The molecular weight excluding hydrogens is 416 g/mol. The Hall–Kier alpha value is -2.35. The molecule has 0 aliphatic carbocycles. The number of sulfone groups is 1. The first-order chi connectivity index (χ1) is 15.1. The third-order valence-electron chi connectivity index (χ3n) is 5.30. The van der Waals surface area contributed by atoms with Crippen molar-refractivity contribution in [1.29, 1.82) is 0 Å². The Morgan fingerprint density at radius 3 is 2.45 bits per heavy atom. The summed E-state index contributed by atoms with van der Waals surface area (Å²) in [5.74, 6) is 1.58. The molecule has 6 nitrogen and oxygen atoms in total. The molecule has 2 aromatic rings. The molecule has 1 atom stereocenters. The van der Waals surface area contributed by atoms with Gasteiger partial charge < -0.3 is 18.9 Å². The van der Waals surface area contributed by atoms with Crippen LogP contribution in [0, 0.1) is 0 Å². The van der Waals surface area contributed by atoms with E-state index in [4.69, 9.17) is 18.9 Å². The second kappa shape index (κ2) is 10.3. The van der Waals surface area contributed by atoms with Crippen LogP contribution in [0.2, 0.25) is 0 Å². The van der Waals surface area contributed by atoms with Gasteiger partial charge in [-0.05, 0) is 54.7 Å². The van der Waals surface area contributed by atoms with E-state index in [9.17, 15) is 8.42 Å². The number of ether oxygens (including phenoxy) is 4. The van der Waals surface area contributed by atoms with Gasteiger partial charge in [-0.15, -0.1) is 0 Å². The van der Waals surface area contributed by atoms with E-state index in [1.54, 1.807) is 12.1 Å². The maximum absolute atomic E-state index is 12.6. The normalized spacial score (nSPS) is 18.9. The van der Waals surface area contributed by atoms with Gasteiger partial charge >= 0.3 is 0 Å². The number of hydrogen-bond acceptors (Lipinski definition) is 6. The molecule has 0 amide bonds. The van der Waals surface area contributed by atoms with Crippen LogP contribution >= 0.6 is 0 Å². The van der Waals surface area contributed by atoms with Crippen molar-refractivity contribution in [3.63, 3.8) is 0 Å². The molecule has 1 fully saturated rings. The molecule has 4 rings (SSSR count). The van der Waals surface area contributed by atoms with Crippen molar-refractivity contribution in [1.82, 2.24) is 0 Å². The standard InChI is InChI=1S/C24H28O6S/c25-31(26,16-2-13-28-21-3-1-12-27-18-21)22-9-6-19(7-10-22)4-5-20-8-11-23-24(17-20)30-15-14-29-23/h4-11,17,21H,1-3,12-16,18H2. The summed E-state index contributed by atoms with van der Waals surface area (Å²) in [5, 5.41) is 0. The van der Waals surface area contributed by atoms with Crippen LogP contribution in [-0.2, 0) is 19.3 Å². The van der Waals surface area contributed by atoms with Gasteiger partial charge in [0.1, 0.15) is 13.2 Å². The van der Waals surface area contributed by atoms with Crippen LogP contribution in [0.4, 0.5) is 0 Å². The minimum absolute atomic E-state index is 0.0763. The van der Waals surface area contributed by atoms with Gasteiger partial charge in [0.05, 0.1) is 23.4 Å². The quantitative estimate of drug-likeness (QED) is 0.453. The highest BCUT2D eigenvalue weighted by Gasteiger charge is 2.17. The second-order valence-corrected chi connectivity index (χ2v) is 9.80. The molecule has 0 radical (unpaired) electrons. The smallest absolute Gasteiger partial charge is 0.178 e. The second-order valence-electron chi connectivity index (χ2n) is 7.69. The largest absolute Gasteiger partial charge is 0.486 e. The summed E-state index contributed by atoms with van der Waals surface area (Å²) in [6.45, 7) is 2.95. The lowest BCUT2D eigenvalue weighted by atomic mass is 10.1. The predicted molar refractivity (Wildman–Crippen MR) is 119 cm³/mol. The summed E-state index contributed by atoms with van der Waals surface area (Å²) in [4.78, 5) is 0.338. The topological polar surface area (TPSA) is 71.1 Å². The Morgan fingerprint density at radius 1 is 0.935 bits per heavy atom. The van der Waals surface area contributed by atoms with E-state index >= 15 is 0 Å². The average molecular weight is 445 g/mol. The van der Waals surface area contributed by atoms with Crippen LogP contribution in [-0.4, -0.2) is 53.3 Å². The van der Waals surface area contributed by atoms with Crippen molar-refractivity contribution in [2.75, 3.05) is 38.8 Å². The highest BCUT2D eigenvalue weighted by molar-refractivity contribution is 7.91. The number of fused-ring (bicyclic) bond motifs is 1. The molecule has 0 saturated carbocycles. The Morgan fingerprint density at radius 2 is 1.68 bits per heavy atom. The van der Waals surface area contributed by atoms with Crippen molar-refractivity contribution in [3.05, 3.63) is 53.6 Å². The molecule has 2 aliphatic rings. The minimum Gasteiger partial charge on any atom is -0.486 e. The molecule has 1 unspecified atom stereocenters. The maximum Gasteiger partial charge on any atom is 0.178 e. The van der Waals surface area contributed by atoms with Gasteiger partial charge in [-0.1, -0.05) is 30.4 Å². The first-order valence-corrected chi connectivity index (χ1v) is 12.4. The summed E-state index contributed by atoms with van der Waals surface area (Å²) in [7, 11) is -3.32. The van der Waals surface area contributed by atoms with E-state index in [1.165, 1.54) is 0 Å². The molecular formula is C24H28O6S. The lowest BCUT2D eigenvalue weighted by Gasteiger charge is -2.22. The van der Waals surface area contributed by atoms with Gasteiger partial charge in [-0.2, -0.15) is 0 Å². The van der Waals surface area contributed by atoms with Crippen molar-refractivity contribution in [2.45, 2.75) is 30.3 Å².